The average molecular weight is 623 g/mol. The fraction of sp³-hybridized carbons (Fsp3) is 0.538. The van der Waals surface area contributed by atoms with Crippen molar-refractivity contribution < 1.29 is 37.8 Å². The predicted octanol–water partition coefficient (Wildman–Crippen LogP) is 2.52. The van der Waals surface area contributed by atoms with Crippen LogP contribution in [0, 0.1) is 0 Å². The number of azide groups is 1. The van der Waals surface area contributed by atoms with Crippen LogP contribution in [0.15, 0.2) is 51.2 Å². The highest BCUT2D eigenvalue weighted by Gasteiger charge is 2.55. The van der Waals surface area contributed by atoms with Gasteiger partial charge >= 0.3 is 19.4 Å². The number of nitrogens with zero attached hydrogens (tertiary/aromatic N) is 4. The van der Waals surface area contributed by atoms with Crippen molar-refractivity contribution in [3.05, 3.63) is 73.4 Å². The number of aliphatic hydroxyl groups excluding tert-OH is 1. The van der Waals surface area contributed by atoms with E-state index in [4.69, 9.17) is 18.5 Å². The molecule has 2 aromatic rings. The van der Waals surface area contributed by atoms with Gasteiger partial charge in [-0.2, -0.15) is 5.09 Å². The molecule has 0 spiro atoms. The summed E-state index contributed by atoms with van der Waals surface area (Å²) >= 11 is 0. The Hall–Kier alpha value is -3.78. The molecule has 17 heteroatoms. The molecule has 2 heterocycles. The smallest absolute Gasteiger partial charge is 0.459 e. The predicted molar refractivity (Wildman–Crippen MR) is 152 cm³/mol. The van der Waals surface area contributed by atoms with Crippen molar-refractivity contribution in [1.82, 2.24) is 14.6 Å². The number of ketones is 1. The highest BCUT2D eigenvalue weighted by Crippen LogP contribution is 2.47. The maximum atomic E-state index is 14.0. The van der Waals surface area contributed by atoms with Crippen molar-refractivity contribution in [3.63, 3.8) is 0 Å². The van der Waals surface area contributed by atoms with E-state index in [9.17, 15) is 34.4 Å². The van der Waals surface area contributed by atoms with Gasteiger partial charge in [-0.1, -0.05) is 17.2 Å². The lowest BCUT2D eigenvalue weighted by Gasteiger charge is -2.28. The van der Waals surface area contributed by atoms with Gasteiger partial charge in [-0.05, 0) is 64.3 Å². The van der Waals surface area contributed by atoms with Gasteiger partial charge in [0.25, 0.3) is 5.56 Å². The first kappa shape index (κ1) is 33.7. The van der Waals surface area contributed by atoms with Gasteiger partial charge in [-0.15, -0.1) is 0 Å². The van der Waals surface area contributed by atoms with Gasteiger partial charge in [-0.25, -0.2) is 9.36 Å². The van der Waals surface area contributed by atoms with Crippen molar-refractivity contribution in [1.29, 1.82) is 0 Å². The molecule has 0 amide bonds. The van der Waals surface area contributed by atoms with Crippen molar-refractivity contribution in [2.24, 2.45) is 5.11 Å². The van der Waals surface area contributed by atoms with E-state index in [1.165, 1.54) is 32.9 Å². The second-order valence-corrected chi connectivity index (χ2v) is 12.2. The quantitative estimate of drug-likeness (QED) is 0.0912. The fourth-order valence-electron chi connectivity index (χ4n) is 4.26. The summed E-state index contributed by atoms with van der Waals surface area (Å²) in [6.07, 6.45) is -2.76. The number of nitrogens with one attached hydrogen (secondary N) is 2. The first-order chi connectivity index (χ1) is 20.2. The minimum atomic E-state index is -4.40. The summed E-state index contributed by atoms with van der Waals surface area (Å²) in [6.45, 7) is 6.91. The molecule has 0 bridgehead atoms. The van der Waals surface area contributed by atoms with Gasteiger partial charge in [-0.3, -0.25) is 23.7 Å². The Kier molecular flexibility index (Phi) is 11.1. The lowest BCUT2D eigenvalue weighted by Crippen LogP contribution is -2.45. The number of hydrogen-bond acceptors (Lipinski definition) is 11. The topological polar surface area (TPSA) is 224 Å². The van der Waals surface area contributed by atoms with Crippen molar-refractivity contribution in [2.75, 3.05) is 6.61 Å². The number of aromatic nitrogens is 2. The van der Waals surface area contributed by atoms with E-state index in [-0.39, 0.29) is 11.5 Å². The number of benzene rings is 1. The molecule has 1 aromatic carbocycles. The van der Waals surface area contributed by atoms with E-state index < -0.39 is 67.7 Å². The van der Waals surface area contributed by atoms with Crippen molar-refractivity contribution in [3.8, 4) is 5.75 Å². The van der Waals surface area contributed by atoms with Crippen LogP contribution in [-0.4, -0.2) is 62.9 Å². The number of carbonyl (C=O) groups is 2. The number of aromatic amines is 1. The van der Waals surface area contributed by atoms with Crippen LogP contribution >= 0.6 is 7.75 Å². The molecule has 16 nitrogen and oxygen atoms in total. The van der Waals surface area contributed by atoms with Gasteiger partial charge in [0.1, 0.15) is 29.2 Å². The number of aryl methyl sites for hydroxylation is 1. The van der Waals surface area contributed by atoms with Crippen LogP contribution in [-0.2, 0) is 34.6 Å². The van der Waals surface area contributed by atoms with E-state index in [1.54, 1.807) is 26.0 Å². The molecule has 0 saturated carbocycles. The molecule has 1 aliphatic rings. The third kappa shape index (κ3) is 8.63. The third-order valence-corrected chi connectivity index (χ3v) is 8.14. The lowest BCUT2D eigenvalue weighted by atomic mass is 9.93. The number of hydrogen-bond donors (Lipinski definition) is 3. The van der Waals surface area contributed by atoms with Gasteiger partial charge in [0, 0.05) is 23.6 Å². The summed E-state index contributed by atoms with van der Waals surface area (Å²) in [5.41, 5.74) is 6.69. The van der Waals surface area contributed by atoms with Crippen LogP contribution in [0.1, 0.15) is 52.8 Å². The molecule has 1 fully saturated rings. The first-order valence-corrected chi connectivity index (χ1v) is 14.9. The Morgan fingerprint density at radius 3 is 2.51 bits per heavy atom. The third-order valence-electron chi connectivity index (χ3n) is 6.50. The van der Waals surface area contributed by atoms with Gasteiger partial charge < -0.3 is 23.9 Å². The number of H-pyrrole nitrogens is 1. The molecular formula is C26H35N6O10P. The highest BCUT2D eigenvalue weighted by atomic mass is 31.2. The molecular weight excluding hydrogens is 587 g/mol. The molecule has 1 saturated heterocycles. The van der Waals surface area contributed by atoms with Gasteiger partial charge in [0.2, 0.25) is 0 Å². The van der Waals surface area contributed by atoms with E-state index in [0.717, 1.165) is 22.4 Å². The first-order valence-electron chi connectivity index (χ1n) is 13.4. The van der Waals surface area contributed by atoms with E-state index in [1.807, 2.05) is 0 Å². The van der Waals surface area contributed by atoms with Crippen LogP contribution in [0.5, 0.6) is 5.75 Å². The zero-order chi connectivity index (χ0) is 31.9. The number of ether oxygens (including phenoxy) is 2. The zero-order valence-corrected chi connectivity index (χ0v) is 25.2. The normalized spacial score (nSPS) is 23.7. The molecule has 3 N–H and O–H groups in total. The Labute approximate surface area is 246 Å². The second kappa shape index (κ2) is 14.1. The van der Waals surface area contributed by atoms with Crippen LogP contribution in [0.4, 0.5) is 0 Å². The fourth-order valence-corrected chi connectivity index (χ4v) is 5.76. The molecule has 43 heavy (non-hydrogen) atoms. The number of esters is 1. The minimum Gasteiger partial charge on any atom is -0.462 e. The molecule has 1 aliphatic heterocycles. The van der Waals surface area contributed by atoms with Crippen LogP contribution in [0.25, 0.3) is 10.4 Å². The Balaban J connectivity index is 1.86. The lowest BCUT2D eigenvalue weighted by molar-refractivity contribution is -0.149. The Bertz CT molecular complexity index is 1520. The minimum absolute atomic E-state index is 0.0326. The molecule has 234 valence electrons. The number of carbonyl (C=O) groups excluding carboxylic acids is 2. The van der Waals surface area contributed by atoms with Crippen LogP contribution in [0.2, 0.25) is 0 Å². The maximum Gasteiger partial charge on any atom is 0.459 e. The number of aliphatic hydroxyl groups is 1. The Morgan fingerprint density at radius 1 is 1.26 bits per heavy atom. The number of rotatable bonds is 14. The van der Waals surface area contributed by atoms with Gasteiger partial charge in [0.15, 0.2) is 6.23 Å². The van der Waals surface area contributed by atoms with Crippen LogP contribution in [0.3, 0.4) is 0 Å². The summed E-state index contributed by atoms with van der Waals surface area (Å²) < 4.78 is 37.2. The molecule has 1 unspecified atom stereocenters. The van der Waals surface area contributed by atoms with E-state index >= 15 is 0 Å². The van der Waals surface area contributed by atoms with Crippen molar-refractivity contribution >= 4 is 19.5 Å². The van der Waals surface area contributed by atoms with E-state index in [2.05, 4.69) is 20.1 Å². The second-order valence-electron chi connectivity index (χ2n) is 10.5. The molecule has 0 aliphatic carbocycles. The summed E-state index contributed by atoms with van der Waals surface area (Å²) in [6, 6.07) is 6.29. The molecule has 3 rings (SSSR count). The standard InChI is InChI=1S/C26H35N6O10P/c1-15(2)40-23(36)17(4)29-43(38,42-19-10-8-18(9-11-19)7-6-16(3)33)39-14-20-22(35)26(5,30-31-27)24(41-20)32-13-12-21(34)28-25(32)37/h8-13,15,17,20,22,24,35H,6-7,14H2,1-5H3,(H,29,38)(H,28,34,37)/t17-,20+,22+,24+,26+,43?/m0/s1. The average Bonchev–Trinajstić information content (AvgIpc) is 3.16. The van der Waals surface area contributed by atoms with E-state index in [0.29, 0.717) is 12.8 Å². The molecule has 0 radical (unpaired) electrons. The number of Topliss-reactive ketones (excluding diaryl/α,β-unsaturated/α-hetero) is 1. The summed E-state index contributed by atoms with van der Waals surface area (Å²) in [7, 11) is -4.40. The highest BCUT2D eigenvalue weighted by molar-refractivity contribution is 7.52. The SMILES string of the molecule is CC(=O)CCc1ccc(OP(=O)(N[C@@H](C)C(=O)OC(C)C)OC[C@H]2O[C@@H](n3ccc(=O)[nH]c3=O)[C@](C)(N=[N+]=[N-])[C@@H]2O)cc1. The summed E-state index contributed by atoms with van der Waals surface area (Å²) in [4.78, 5) is 52.6. The van der Waals surface area contributed by atoms with Crippen LogP contribution < -0.4 is 20.9 Å². The largest absolute Gasteiger partial charge is 0.462 e. The Morgan fingerprint density at radius 2 is 1.93 bits per heavy atom. The summed E-state index contributed by atoms with van der Waals surface area (Å²) in [5.74, 6) is -0.589. The summed E-state index contributed by atoms with van der Waals surface area (Å²) in [5, 5.41) is 17.3. The zero-order valence-electron chi connectivity index (χ0n) is 24.3. The monoisotopic (exact) mass is 622 g/mol. The molecule has 6 atom stereocenters. The van der Waals surface area contributed by atoms with Crippen molar-refractivity contribution in [2.45, 2.75) is 83.6 Å². The van der Waals surface area contributed by atoms with Gasteiger partial charge in [0.05, 0.1) is 18.8 Å². The molecule has 1 aromatic heterocycles. The maximum absolute atomic E-state index is 14.0.